The highest BCUT2D eigenvalue weighted by Gasteiger charge is 2.14. The van der Waals surface area contributed by atoms with Crippen molar-refractivity contribution in [2.75, 3.05) is 48.8 Å². The molecule has 0 saturated carbocycles. The number of nitrogens with zero attached hydrogens (tertiary/aromatic N) is 3. The molecule has 9 nitrogen and oxygen atoms in total. The minimum absolute atomic E-state index is 0.168. The van der Waals surface area contributed by atoms with Crippen molar-refractivity contribution in [1.29, 1.82) is 0 Å². The first kappa shape index (κ1) is 22.5. The number of benzene rings is 1. The summed E-state index contributed by atoms with van der Waals surface area (Å²) < 4.78 is 0. The van der Waals surface area contributed by atoms with E-state index in [1.54, 1.807) is 36.7 Å². The van der Waals surface area contributed by atoms with Crippen LogP contribution in [0.4, 0.5) is 17.3 Å². The van der Waals surface area contributed by atoms with E-state index in [1.165, 1.54) is 19.3 Å². The number of rotatable bonds is 8. The number of carbonyl (C=O) groups excluding carboxylic acids is 1. The number of carbonyl (C=O) groups is 1. The van der Waals surface area contributed by atoms with Crippen LogP contribution < -0.4 is 26.4 Å². The molecule has 0 aliphatic carbocycles. The van der Waals surface area contributed by atoms with Crippen molar-refractivity contribution in [2.45, 2.75) is 19.3 Å². The molecule has 2 aromatic heterocycles. The van der Waals surface area contributed by atoms with E-state index in [1.807, 2.05) is 19.2 Å². The van der Waals surface area contributed by atoms with Gasteiger partial charge in [0.05, 0.1) is 5.69 Å². The van der Waals surface area contributed by atoms with Gasteiger partial charge in [-0.05, 0) is 62.7 Å². The monoisotopic (exact) mass is 447 g/mol. The molecule has 1 aliphatic rings. The third-order valence-corrected chi connectivity index (χ3v) is 5.61. The molecule has 1 aromatic carbocycles. The van der Waals surface area contributed by atoms with Crippen LogP contribution in [0.15, 0.2) is 53.6 Å². The Kier molecular flexibility index (Phi) is 7.31. The van der Waals surface area contributed by atoms with Crippen molar-refractivity contribution in [3.63, 3.8) is 0 Å². The van der Waals surface area contributed by atoms with Crippen LogP contribution in [0, 0.1) is 0 Å². The molecule has 0 atom stereocenters. The van der Waals surface area contributed by atoms with Crippen LogP contribution in [0.3, 0.4) is 0 Å². The zero-order chi connectivity index (χ0) is 23.0. The largest absolute Gasteiger partial charge is 0.372 e. The lowest BCUT2D eigenvalue weighted by molar-refractivity contribution is 0.102. The van der Waals surface area contributed by atoms with Gasteiger partial charge in [0.15, 0.2) is 0 Å². The van der Waals surface area contributed by atoms with E-state index in [9.17, 15) is 9.59 Å². The molecule has 3 heterocycles. The minimum atomic E-state index is -0.376. The maximum atomic E-state index is 12.8. The van der Waals surface area contributed by atoms with Gasteiger partial charge in [-0.2, -0.15) is 0 Å². The zero-order valence-electron chi connectivity index (χ0n) is 18.7. The molecule has 9 heteroatoms. The molecule has 4 N–H and O–H groups in total. The van der Waals surface area contributed by atoms with Gasteiger partial charge in [-0.15, -0.1) is 0 Å². The highest BCUT2D eigenvalue weighted by molar-refractivity contribution is 6.04. The molecule has 1 fully saturated rings. The molecular weight excluding hydrogens is 418 g/mol. The van der Waals surface area contributed by atoms with E-state index in [0.717, 1.165) is 25.3 Å². The highest BCUT2D eigenvalue weighted by atomic mass is 16.2. The Morgan fingerprint density at radius 2 is 1.88 bits per heavy atom. The Hall–Kier alpha value is -3.72. The van der Waals surface area contributed by atoms with Gasteiger partial charge in [0.25, 0.3) is 11.5 Å². The summed E-state index contributed by atoms with van der Waals surface area (Å²) in [7, 11) is 1.87. The maximum Gasteiger partial charge on any atom is 0.271 e. The number of amides is 1. The molecule has 0 unspecified atom stereocenters. The Labute approximate surface area is 192 Å². The van der Waals surface area contributed by atoms with Gasteiger partial charge in [-0.25, -0.2) is 9.97 Å². The fraction of sp³-hybridized carbons (Fsp3) is 0.333. The number of likely N-dealkylation sites (N-methyl/N-ethyl adjacent to an activating group) is 1. The van der Waals surface area contributed by atoms with E-state index < -0.39 is 0 Å². The first-order chi connectivity index (χ1) is 16.1. The quantitative estimate of drug-likeness (QED) is 0.393. The third kappa shape index (κ3) is 5.75. The summed E-state index contributed by atoms with van der Waals surface area (Å²) in [5.41, 5.74) is 2.71. The Morgan fingerprint density at radius 3 is 2.64 bits per heavy atom. The predicted molar refractivity (Wildman–Crippen MR) is 131 cm³/mol. The summed E-state index contributed by atoms with van der Waals surface area (Å²) in [5.74, 6) is 0.160. The molecule has 172 valence electrons. The van der Waals surface area contributed by atoms with E-state index in [-0.39, 0.29) is 17.2 Å². The van der Waals surface area contributed by atoms with Crippen LogP contribution in [-0.4, -0.2) is 54.1 Å². The number of aromatic nitrogens is 3. The van der Waals surface area contributed by atoms with Crippen LogP contribution in [0.5, 0.6) is 0 Å². The molecule has 0 radical (unpaired) electrons. The summed E-state index contributed by atoms with van der Waals surface area (Å²) in [6, 6.07) is 10.9. The first-order valence-electron chi connectivity index (χ1n) is 11.2. The number of anilines is 3. The second kappa shape index (κ2) is 10.7. The lowest BCUT2D eigenvalue weighted by Crippen LogP contribution is -2.29. The van der Waals surface area contributed by atoms with E-state index in [4.69, 9.17) is 0 Å². The van der Waals surface area contributed by atoms with Crippen LogP contribution in [-0.2, 0) is 0 Å². The van der Waals surface area contributed by atoms with Crippen LogP contribution in [0.2, 0.25) is 0 Å². The predicted octanol–water partition coefficient (Wildman–Crippen LogP) is 2.71. The number of H-pyrrole nitrogens is 1. The molecule has 4 rings (SSSR count). The van der Waals surface area contributed by atoms with Crippen molar-refractivity contribution in [3.05, 3.63) is 64.7 Å². The summed E-state index contributed by atoms with van der Waals surface area (Å²) in [6.45, 7) is 3.55. The molecule has 1 aliphatic heterocycles. The SMILES string of the molecule is CNCCNc1nccc(-c2c[nH]c(=O)c(NC(=O)c3ccc(N4CCCCC4)cc3)c2)n1. The fourth-order valence-electron chi connectivity index (χ4n) is 3.80. The minimum Gasteiger partial charge on any atom is -0.372 e. The van der Waals surface area contributed by atoms with Crippen LogP contribution in [0.1, 0.15) is 29.6 Å². The number of pyridine rings is 1. The lowest BCUT2D eigenvalue weighted by atomic mass is 10.1. The Bertz CT molecular complexity index is 1140. The molecule has 1 amide bonds. The maximum absolute atomic E-state index is 12.8. The number of aromatic amines is 1. The van der Waals surface area contributed by atoms with Crippen molar-refractivity contribution in [2.24, 2.45) is 0 Å². The Morgan fingerprint density at radius 1 is 1.09 bits per heavy atom. The van der Waals surface area contributed by atoms with Crippen LogP contribution >= 0.6 is 0 Å². The molecule has 0 spiro atoms. The summed E-state index contributed by atoms with van der Waals surface area (Å²) in [6.07, 6.45) is 6.89. The van der Waals surface area contributed by atoms with Gasteiger partial charge in [-0.3, -0.25) is 9.59 Å². The molecule has 3 aromatic rings. The molecular formula is C24H29N7O2. The van der Waals surface area contributed by atoms with E-state index >= 15 is 0 Å². The number of piperidine rings is 1. The number of nitrogens with one attached hydrogen (secondary N) is 4. The normalized spacial score (nSPS) is 13.5. The van der Waals surface area contributed by atoms with Crippen molar-refractivity contribution < 1.29 is 4.79 Å². The number of hydrogen-bond donors (Lipinski definition) is 4. The van der Waals surface area contributed by atoms with Gasteiger partial charge in [0.1, 0.15) is 5.69 Å². The topological polar surface area (TPSA) is 115 Å². The fourth-order valence-corrected chi connectivity index (χ4v) is 3.80. The van der Waals surface area contributed by atoms with Crippen LogP contribution in [0.25, 0.3) is 11.3 Å². The standard InChI is InChI=1S/C24H29N7O2/c1-25-11-12-27-24-26-10-9-20(30-24)18-15-21(23(33)28-16-18)29-22(32)17-5-7-19(8-6-17)31-13-3-2-4-14-31/h5-10,15-16,25H,2-4,11-14H2,1H3,(H,28,33)(H,29,32)(H,26,27,30). The summed E-state index contributed by atoms with van der Waals surface area (Å²) >= 11 is 0. The van der Waals surface area contributed by atoms with Gasteiger partial charge in [-0.1, -0.05) is 0 Å². The number of hydrogen-bond acceptors (Lipinski definition) is 7. The van der Waals surface area contributed by atoms with Crippen molar-refractivity contribution >= 4 is 23.2 Å². The van der Waals surface area contributed by atoms with E-state index in [2.05, 4.69) is 35.8 Å². The average Bonchev–Trinajstić information content (AvgIpc) is 2.86. The van der Waals surface area contributed by atoms with Gasteiger partial charge in [0, 0.05) is 55.4 Å². The average molecular weight is 448 g/mol. The van der Waals surface area contributed by atoms with Gasteiger partial charge >= 0.3 is 0 Å². The zero-order valence-corrected chi connectivity index (χ0v) is 18.7. The Balaban J connectivity index is 1.47. The molecule has 1 saturated heterocycles. The highest BCUT2D eigenvalue weighted by Crippen LogP contribution is 2.21. The van der Waals surface area contributed by atoms with Crippen molar-refractivity contribution in [1.82, 2.24) is 20.3 Å². The first-order valence-corrected chi connectivity index (χ1v) is 11.2. The summed E-state index contributed by atoms with van der Waals surface area (Å²) in [5, 5.41) is 8.91. The second-order valence-corrected chi connectivity index (χ2v) is 7.98. The second-order valence-electron chi connectivity index (χ2n) is 7.98. The van der Waals surface area contributed by atoms with Gasteiger partial charge < -0.3 is 25.8 Å². The summed E-state index contributed by atoms with van der Waals surface area (Å²) in [4.78, 5) is 38.8. The smallest absolute Gasteiger partial charge is 0.271 e. The lowest BCUT2D eigenvalue weighted by Gasteiger charge is -2.28. The van der Waals surface area contributed by atoms with Gasteiger partial charge in [0.2, 0.25) is 5.95 Å². The molecule has 33 heavy (non-hydrogen) atoms. The molecule has 0 bridgehead atoms. The third-order valence-electron chi connectivity index (χ3n) is 5.61. The van der Waals surface area contributed by atoms with Crippen molar-refractivity contribution in [3.8, 4) is 11.3 Å². The van der Waals surface area contributed by atoms with E-state index in [0.29, 0.717) is 29.3 Å².